The summed E-state index contributed by atoms with van der Waals surface area (Å²) in [6.07, 6.45) is 2.12. The SMILES string of the molecule is Cc1cn2c(CNCC(C)(O)c3ccccc3)c(C)nc2s1. The summed E-state index contributed by atoms with van der Waals surface area (Å²) < 4.78 is 2.14. The lowest BCUT2D eigenvalue weighted by atomic mass is 9.96. The fourth-order valence-corrected chi connectivity index (χ4v) is 3.54. The molecule has 3 aromatic rings. The maximum Gasteiger partial charge on any atom is 0.194 e. The molecule has 2 aromatic heterocycles. The minimum atomic E-state index is -0.885. The van der Waals surface area contributed by atoms with Crippen molar-refractivity contribution >= 4 is 16.3 Å². The molecule has 2 heterocycles. The van der Waals surface area contributed by atoms with Gasteiger partial charge in [0.05, 0.1) is 17.0 Å². The van der Waals surface area contributed by atoms with E-state index in [-0.39, 0.29) is 0 Å². The van der Waals surface area contributed by atoms with Gasteiger partial charge in [0.25, 0.3) is 0 Å². The number of fused-ring (bicyclic) bond motifs is 1. The van der Waals surface area contributed by atoms with Crippen molar-refractivity contribution < 1.29 is 5.11 Å². The second kappa shape index (κ2) is 5.83. The first-order valence-electron chi connectivity index (χ1n) is 7.40. The van der Waals surface area contributed by atoms with E-state index in [2.05, 4.69) is 27.8 Å². The molecule has 3 rings (SSSR count). The summed E-state index contributed by atoms with van der Waals surface area (Å²) in [7, 11) is 0. The number of aliphatic hydroxyl groups is 1. The Bertz CT molecular complexity index is 774. The molecule has 0 saturated carbocycles. The zero-order chi connectivity index (χ0) is 15.7. The third-order valence-corrected chi connectivity index (χ3v) is 4.80. The van der Waals surface area contributed by atoms with Crippen LogP contribution in [0.2, 0.25) is 0 Å². The number of rotatable bonds is 5. The van der Waals surface area contributed by atoms with E-state index in [9.17, 15) is 5.11 Å². The van der Waals surface area contributed by atoms with Crippen molar-refractivity contribution in [1.29, 1.82) is 0 Å². The molecular formula is C17H21N3OS. The first kappa shape index (κ1) is 15.2. The van der Waals surface area contributed by atoms with Gasteiger partial charge in [-0.05, 0) is 26.3 Å². The molecule has 0 fully saturated rings. The van der Waals surface area contributed by atoms with E-state index in [0.717, 1.165) is 21.9 Å². The van der Waals surface area contributed by atoms with E-state index >= 15 is 0 Å². The van der Waals surface area contributed by atoms with Crippen LogP contribution in [0.4, 0.5) is 0 Å². The third kappa shape index (κ3) is 2.92. The smallest absolute Gasteiger partial charge is 0.194 e. The molecule has 0 bridgehead atoms. The zero-order valence-electron chi connectivity index (χ0n) is 13.1. The van der Waals surface area contributed by atoms with Crippen LogP contribution in [0.1, 0.15) is 28.8 Å². The van der Waals surface area contributed by atoms with Crippen molar-refractivity contribution in [2.75, 3.05) is 6.54 Å². The van der Waals surface area contributed by atoms with Crippen LogP contribution in [-0.2, 0) is 12.1 Å². The van der Waals surface area contributed by atoms with Crippen LogP contribution < -0.4 is 5.32 Å². The molecular weight excluding hydrogens is 294 g/mol. The fourth-order valence-electron chi connectivity index (χ4n) is 2.65. The lowest BCUT2D eigenvalue weighted by molar-refractivity contribution is 0.0565. The van der Waals surface area contributed by atoms with E-state index in [4.69, 9.17) is 0 Å². The fraction of sp³-hybridized carbons (Fsp3) is 0.353. The summed E-state index contributed by atoms with van der Waals surface area (Å²) in [5, 5.41) is 14.0. The Kier molecular flexibility index (Phi) is 4.04. The van der Waals surface area contributed by atoms with Crippen LogP contribution in [0, 0.1) is 13.8 Å². The van der Waals surface area contributed by atoms with Gasteiger partial charge in [-0.1, -0.05) is 30.3 Å². The van der Waals surface area contributed by atoms with E-state index in [1.54, 1.807) is 11.3 Å². The molecule has 116 valence electrons. The Hall–Kier alpha value is -1.69. The normalized spacial score (nSPS) is 14.4. The first-order valence-corrected chi connectivity index (χ1v) is 8.21. The van der Waals surface area contributed by atoms with Gasteiger partial charge in [0.15, 0.2) is 4.96 Å². The predicted octanol–water partition coefficient (Wildman–Crippen LogP) is 3.01. The lowest BCUT2D eigenvalue weighted by Gasteiger charge is -2.24. The van der Waals surface area contributed by atoms with Crippen LogP contribution >= 0.6 is 11.3 Å². The predicted molar refractivity (Wildman–Crippen MR) is 90.3 cm³/mol. The minimum absolute atomic E-state index is 0.493. The summed E-state index contributed by atoms with van der Waals surface area (Å²) in [5.74, 6) is 0. The molecule has 2 N–H and O–H groups in total. The van der Waals surface area contributed by atoms with Crippen LogP contribution in [0.15, 0.2) is 36.5 Å². The van der Waals surface area contributed by atoms with E-state index in [1.165, 1.54) is 4.88 Å². The van der Waals surface area contributed by atoms with Crippen LogP contribution in [0.5, 0.6) is 0 Å². The van der Waals surface area contributed by atoms with Crippen LogP contribution in [0.3, 0.4) is 0 Å². The zero-order valence-corrected chi connectivity index (χ0v) is 13.9. The molecule has 1 atom stereocenters. The summed E-state index contributed by atoms with van der Waals surface area (Å²) in [5.41, 5.74) is 2.23. The quantitative estimate of drug-likeness (QED) is 0.761. The highest BCUT2D eigenvalue weighted by atomic mass is 32.1. The molecule has 0 saturated heterocycles. The highest BCUT2D eigenvalue weighted by Crippen LogP contribution is 2.22. The van der Waals surface area contributed by atoms with E-state index < -0.39 is 5.60 Å². The largest absolute Gasteiger partial charge is 0.384 e. The molecule has 1 aromatic carbocycles. The van der Waals surface area contributed by atoms with Gasteiger partial charge in [-0.3, -0.25) is 4.40 Å². The Morgan fingerprint density at radius 3 is 2.73 bits per heavy atom. The monoisotopic (exact) mass is 315 g/mol. The summed E-state index contributed by atoms with van der Waals surface area (Å²) in [6, 6.07) is 9.75. The van der Waals surface area contributed by atoms with Crippen molar-refractivity contribution in [3.63, 3.8) is 0 Å². The maximum atomic E-state index is 10.6. The van der Waals surface area contributed by atoms with Gasteiger partial charge in [-0.25, -0.2) is 4.98 Å². The van der Waals surface area contributed by atoms with Crippen molar-refractivity contribution in [2.24, 2.45) is 0 Å². The Labute approximate surface area is 134 Å². The van der Waals surface area contributed by atoms with Crippen molar-refractivity contribution in [1.82, 2.24) is 14.7 Å². The molecule has 0 aliphatic carbocycles. The van der Waals surface area contributed by atoms with Crippen molar-refractivity contribution in [3.8, 4) is 0 Å². The van der Waals surface area contributed by atoms with Crippen molar-refractivity contribution in [2.45, 2.75) is 32.9 Å². The Morgan fingerprint density at radius 1 is 1.27 bits per heavy atom. The minimum Gasteiger partial charge on any atom is -0.384 e. The highest BCUT2D eigenvalue weighted by Gasteiger charge is 2.22. The van der Waals surface area contributed by atoms with Gasteiger partial charge in [-0.2, -0.15) is 0 Å². The number of aromatic nitrogens is 2. The van der Waals surface area contributed by atoms with E-state index in [0.29, 0.717) is 13.1 Å². The Morgan fingerprint density at radius 2 is 2.00 bits per heavy atom. The number of thiazole rings is 1. The van der Waals surface area contributed by atoms with Gasteiger partial charge in [-0.15, -0.1) is 11.3 Å². The van der Waals surface area contributed by atoms with Gasteiger partial charge in [0.1, 0.15) is 0 Å². The summed E-state index contributed by atoms with van der Waals surface area (Å²) in [4.78, 5) is 6.87. The lowest BCUT2D eigenvalue weighted by Crippen LogP contribution is -2.35. The number of nitrogens with one attached hydrogen (secondary N) is 1. The molecule has 22 heavy (non-hydrogen) atoms. The number of hydrogen-bond donors (Lipinski definition) is 2. The second-order valence-corrected chi connectivity index (χ2v) is 7.09. The Balaban J connectivity index is 1.71. The molecule has 0 spiro atoms. The van der Waals surface area contributed by atoms with Gasteiger partial charge < -0.3 is 10.4 Å². The average molecular weight is 315 g/mol. The third-order valence-electron chi connectivity index (χ3n) is 3.90. The number of aryl methyl sites for hydroxylation is 2. The van der Waals surface area contributed by atoms with Crippen LogP contribution in [-0.4, -0.2) is 21.0 Å². The number of hydrogen-bond acceptors (Lipinski definition) is 4. The molecule has 0 aliphatic heterocycles. The van der Waals surface area contributed by atoms with Gasteiger partial charge >= 0.3 is 0 Å². The second-order valence-electron chi connectivity index (χ2n) is 5.88. The number of nitrogens with zero attached hydrogens (tertiary/aromatic N) is 2. The summed E-state index contributed by atoms with van der Waals surface area (Å²) >= 11 is 1.70. The standard InChI is InChI=1S/C17H21N3OS/c1-12-10-20-15(13(2)19-16(20)22-12)9-18-11-17(3,21)14-7-5-4-6-8-14/h4-8,10,18,21H,9,11H2,1-3H3. The number of imidazole rings is 1. The molecule has 0 radical (unpaired) electrons. The molecule has 1 unspecified atom stereocenters. The van der Waals surface area contributed by atoms with Crippen LogP contribution in [0.25, 0.3) is 4.96 Å². The van der Waals surface area contributed by atoms with Crippen molar-refractivity contribution in [3.05, 3.63) is 58.4 Å². The maximum absolute atomic E-state index is 10.6. The highest BCUT2D eigenvalue weighted by molar-refractivity contribution is 7.17. The summed E-state index contributed by atoms with van der Waals surface area (Å²) in [6.45, 7) is 7.13. The van der Waals surface area contributed by atoms with E-state index in [1.807, 2.05) is 44.2 Å². The first-order chi connectivity index (χ1) is 10.5. The average Bonchev–Trinajstić information content (AvgIpc) is 2.96. The molecule has 4 nitrogen and oxygen atoms in total. The molecule has 0 aliphatic rings. The molecule has 0 amide bonds. The topological polar surface area (TPSA) is 49.6 Å². The van der Waals surface area contributed by atoms with Gasteiger partial charge in [0.2, 0.25) is 0 Å². The number of benzene rings is 1. The van der Waals surface area contributed by atoms with Gasteiger partial charge in [0, 0.05) is 24.2 Å². The molecule has 5 heteroatoms.